The summed E-state index contributed by atoms with van der Waals surface area (Å²) in [6.07, 6.45) is 10.5. The van der Waals surface area contributed by atoms with Gasteiger partial charge in [0.2, 0.25) is 0 Å². The Kier molecular flexibility index (Phi) is 13.8. The van der Waals surface area contributed by atoms with Gasteiger partial charge in [-0.05, 0) is 109 Å². The van der Waals surface area contributed by atoms with Crippen molar-refractivity contribution in [3.8, 4) is 0 Å². The molecule has 0 heterocycles. The SMILES string of the molecule is COC(C)OCc1ccc([C@H]2CC[C@H](CCCC[SiH]([SiH2][SiH2][SiH3])[SiH2][SiH2][SiH3])CC2)cc1. The molecule has 9 heteroatoms. The van der Waals surface area contributed by atoms with Gasteiger partial charge in [-0.2, -0.15) is 0 Å². The van der Waals surface area contributed by atoms with Crippen LogP contribution in [0.25, 0.3) is 0 Å². The van der Waals surface area contributed by atoms with Gasteiger partial charge in [-0.3, -0.25) is 0 Å². The summed E-state index contributed by atoms with van der Waals surface area (Å²) in [6.45, 7) is 2.58. The van der Waals surface area contributed by atoms with Crippen LogP contribution in [0.3, 0.4) is 0 Å². The van der Waals surface area contributed by atoms with E-state index < -0.39 is 0 Å². The summed E-state index contributed by atoms with van der Waals surface area (Å²) >= 11 is 0. The van der Waals surface area contributed by atoms with E-state index in [9.17, 15) is 0 Å². The minimum atomic E-state index is -0.132. The Morgan fingerprint density at radius 2 is 1.69 bits per heavy atom. The van der Waals surface area contributed by atoms with Gasteiger partial charge in [0.15, 0.2) is 6.29 Å². The van der Waals surface area contributed by atoms with Crippen molar-refractivity contribution in [2.24, 2.45) is 5.92 Å². The highest BCUT2D eigenvalue weighted by molar-refractivity contribution is 7.66. The van der Waals surface area contributed by atoms with E-state index in [1.165, 1.54) is 31.2 Å². The lowest BCUT2D eigenvalue weighted by Crippen LogP contribution is -2.37. The maximum absolute atomic E-state index is 5.66. The molecule has 1 aliphatic carbocycles. The fraction of sp³-hybridized carbons (Fsp3) is 0.700. The highest BCUT2D eigenvalue weighted by Gasteiger charge is 2.22. The number of unbranched alkanes of at least 4 members (excludes halogenated alkanes) is 1. The largest absolute Gasteiger partial charge is 0.356 e. The summed E-state index contributed by atoms with van der Waals surface area (Å²) in [5, 5.41) is 0. The lowest BCUT2D eigenvalue weighted by molar-refractivity contribution is -0.118. The highest BCUT2D eigenvalue weighted by atomic mass is 30.0. The Morgan fingerprint density at radius 3 is 2.28 bits per heavy atom. The van der Waals surface area contributed by atoms with Crippen molar-refractivity contribution in [2.75, 3.05) is 7.11 Å². The van der Waals surface area contributed by atoms with Gasteiger partial charge < -0.3 is 9.47 Å². The second kappa shape index (κ2) is 15.5. The van der Waals surface area contributed by atoms with Crippen LogP contribution in [0.15, 0.2) is 24.3 Å². The number of hydrogen-bond donors (Lipinski definition) is 0. The zero-order valence-electron chi connectivity index (χ0n) is 19.6. The van der Waals surface area contributed by atoms with Crippen molar-refractivity contribution >= 4 is 61.6 Å². The zero-order valence-corrected chi connectivity index (χ0v) is 30.4. The van der Waals surface area contributed by atoms with Crippen LogP contribution in [0.2, 0.25) is 6.04 Å². The minimum Gasteiger partial charge on any atom is -0.356 e. The van der Waals surface area contributed by atoms with Crippen LogP contribution >= 0.6 is 0 Å². The van der Waals surface area contributed by atoms with Gasteiger partial charge in [0.05, 0.1) is 6.61 Å². The molecular weight excluding hydrogens is 469 g/mol. The molecule has 0 spiro atoms. The molecule has 1 aromatic rings. The number of ether oxygens (including phenoxy) is 2. The van der Waals surface area contributed by atoms with E-state index in [1.54, 1.807) is 51.5 Å². The molecule has 29 heavy (non-hydrogen) atoms. The summed E-state index contributed by atoms with van der Waals surface area (Å²) in [5.41, 5.74) is 2.80. The quantitative estimate of drug-likeness (QED) is 0.179. The fourth-order valence-electron chi connectivity index (χ4n) is 5.07. The maximum atomic E-state index is 5.66. The van der Waals surface area contributed by atoms with Crippen molar-refractivity contribution in [3.05, 3.63) is 35.4 Å². The third-order valence-electron chi connectivity index (χ3n) is 6.98. The van der Waals surface area contributed by atoms with E-state index in [0.29, 0.717) is 40.8 Å². The second-order valence-electron chi connectivity index (χ2n) is 9.30. The van der Waals surface area contributed by atoms with E-state index in [4.69, 9.17) is 9.47 Å². The zero-order chi connectivity index (χ0) is 20.9. The molecule has 0 saturated heterocycles. The highest BCUT2D eigenvalue weighted by Crippen LogP contribution is 2.37. The van der Waals surface area contributed by atoms with Crippen molar-refractivity contribution < 1.29 is 9.47 Å². The Balaban J connectivity index is 1.64. The Hall–Kier alpha value is 0.658. The van der Waals surface area contributed by atoms with Crippen molar-refractivity contribution in [2.45, 2.75) is 76.7 Å². The third-order valence-corrected chi connectivity index (χ3v) is 100. The third kappa shape index (κ3) is 10.2. The van der Waals surface area contributed by atoms with Gasteiger partial charge >= 0.3 is 0 Å². The number of benzene rings is 1. The van der Waals surface area contributed by atoms with Crippen LogP contribution in [-0.4, -0.2) is 75.0 Å². The predicted octanol–water partition coefficient (Wildman–Crippen LogP) is -1.07. The molecule has 1 aromatic carbocycles. The first-order chi connectivity index (χ1) is 14.2. The average Bonchev–Trinajstić information content (AvgIpc) is 2.76. The standard InChI is InChI=1S/C20H46O2Si7/c1-16(21-2)22-15-18-8-12-20(13-9-18)19-10-6-17(7-11-19)5-3-4-14-29(27-25-23)28-26-24/h8-9,12-13,16-17,19,29H,3-7,10-11,14-15,25-28H2,1-2,23-24H3/t16?,17-,19-. The van der Waals surface area contributed by atoms with Crippen LogP contribution in [0.4, 0.5) is 0 Å². The van der Waals surface area contributed by atoms with Crippen molar-refractivity contribution in [1.82, 2.24) is 0 Å². The smallest absolute Gasteiger partial charge is 0.154 e. The molecule has 1 fully saturated rings. The molecule has 0 radical (unpaired) electrons. The molecule has 1 aliphatic rings. The van der Waals surface area contributed by atoms with Crippen LogP contribution < -0.4 is 0 Å². The topological polar surface area (TPSA) is 18.5 Å². The predicted molar refractivity (Wildman–Crippen MR) is 152 cm³/mol. The Bertz CT molecular complexity index is 532. The average molecular weight is 515 g/mol. The van der Waals surface area contributed by atoms with Gasteiger partial charge in [0.1, 0.15) is 0 Å². The lowest BCUT2D eigenvalue weighted by atomic mass is 9.77. The summed E-state index contributed by atoms with van der Waals surface area (Å²) in [5.74, 6) is 1.84. The number of rotatable bonds is 14. The summed E-state index contributed by atoms with van der Waals surface area (Å²) in [6, 6.07) is 11.0. The molecule has 2 nitrogen and oxygen atoms in total. The molecule has 0 aromatic heterocycles. The van der Waals surface area contributed by atoms with E-state index in [1.807, 2.05) is 13.0 Å². The molecule has 2 rings (SSSR count). The second-order valence-corrected chi connectivity index (χ2v) is 63.0. The number of methoxy groups -OCH3 is 1. The van der Waals surface area contributed by atoms with Crippen molar-refractivity contribution in [1.29, 1.82) is 0 Å². The van der Waals surface area contributed by atoms with Gasteiger partial charge in [-0.1, -0.05) is 49.6 Å². The monoisotopic (exact) mass is 514 g/mol. The van der Waals surface area contributed by atoms with E-state index in [2.05, 4.69) is 24.3 Å². The van der Waals surface area contributed by atoms with E-state index >= 15 is 0 Å². The molecule has 0 amide bonds. The maximum Gasteiger partial charge on any atom is 0.154 e. The van der Waals surface area contributed by atoms with E-state index in [-0.39, 0.29) is 14.1 Å². The Labute approximate surface area is 195 Å². The van der Waals surface area contributed by atoms with Crippen LogP contribution in [0.5, 0.6) is 0 Å². The summed E-state index contributed by atoms with van der Waals surface area (Å²) in [7, 11) is 7.74. The molecule has 0 N–H and O–H groups in total. The summed E-state index contributed by atoms with van der Waals surface area (Å²) < 4.78 is 10.8. The summed E-state index contributed by atoms with van der Waals surface area (Å²) in [4.78, 5) is 0. The van der Waals surface area contributed by atoms with Gasteiger partial charge in [0.25, 0.3) is 0 Å². The van der Waals surface area contributed by atoms with Gasteiger partial charge in [-0.15, -0.1) is 0 Å². The normalized spacial score (nSPS) is 23.7. The lowest BCUT2D eigenvalue weighted by Gasteiger charge is -2.29. The van der Waals surface area contributed by atoms with Crippen LogP contribution in [-0.2, 0) is 16.1 Å². The fourth-order valence-corrected chi connectivity index (χ4v) is 182. The van der Waals surface area contributed by atoms with Gasteiger partial charge in [-0.25, -0.2) is 0 Å². The molecule has 0 bridgehead atoms. The van der Waals surface area contributed by atoms with Gasteiger partial charge in [0, 0.05) is 14.9 Å². The molecule has 1 atom stereocenters. The number of hydrogen-bond acceptors (Lipinski definition) is 2. The first kappa shape index (κ1) is 25.9. The Morgan fingerprint density at radius 1 is 1.03 bits per heavy atom. The molecular formula is C20H46O2Si7. The van der Waals surface area contributed by atoms with E-state index in [0.717, 1.165) is 11.8 Å². The molecule has 1 saturated carbocycles. The first-order valence-corrected chi connectivity index (χ1v) is 39.1. The first-order valence-electron chi connectivity index (χ1n) is 12.4. The van der Waals surface area contributed by atoms with Crippen molar-refractivity contribution in [3.63, 3.8) is 0 Å². The van der Waals surface area contributed by atoms with Crippen LogP contribution in [0.1, 0.15) is 68.9 Å². The van der Waals surface area contributed by atoms with Crippen LogP contribution in [0, 0.1) is 5.92 Å². The minimum absolute atomic E-state index is 0.0782. The molecule has 1 unspecified atom stereocenters. The molecule has 166 valence electrons. The molecule has 0 aliphatic heterocycles.